The van der Waals surface area contributed by atoms with Gasteiger partial charge in [0, 0.05) is 19.6 Å². The van der Waals surface area contributed by atoms with Crippen LogP contribution in [0, 0.1) is 5.92 Å². The molecule has 1 aliphatic heterocycles. The van der Waals surface area contributed by atoms with Gasteiger partial charge in [0.15, 0.2) is 5.82 Å². The highest BCUT2D eigenvalue weighted by molar-refractivity contribution is 6.35. The van der Waals surface area contributed by atoms with E-state index in [0.29, 0.717) is 5.02 Å². The van der Waals surface area contributed by atoms with Gasteiger partial charge in [-0.1, -0.05) is 11.6 Å². The topological polar surface area (TPSA) is 41.1 Å². The second-order valence-electron chi connectivity index (χ2n) is 4.88. The average Bonchev–Trinajstić information content (AvgIpc) is 3.01. The van der Waals surface area contributed by atoms with Crippen LogP contribution in [0.15, 0.2) is 6.33 Å². The van der Waals surface area contributed by atoms with Crippen LogP contribution in [0.2, 0.25) is 5.02 Å². The SMILES string of the molecule is Clc1c(NCC2CC2)ncnc1N1CCCC1. The van der Waals surface area contributed by atoms with Gasteiger partial charge in [0.1, 0.15) is 17.2 Å². The Kier molecular flexibility index (Phi) is 3.05. The summed E-state index contributed by atoms with van der Waals surface area (Å²) in [6.07, 6.45) is 6.72. The highest BCUT2D eigenvalue weighted by atomic mass is 35.5. The molecule has 0 bridgehead atoms. The summed E-state index contributed by atoms with van der Waals surface area (Å²) in [4.78, 5) is 10.8. The van der Waals surface area contributed by atoms with Crippen LogP contribution >= 0.6 is 11.6 Å². The lowest BCUT2D eigenvalue weighted by Gasteiger charge is -2.18. The van der Waals surface area contributed by atoms with E-state index >= 15 is 0 Å². The summed E-state index contributed by atoms with van der Waals surface area (Å²) in [6, 6.07) is 0. The maximum atomic E-state index is 6.36. The minimum absolute atomic E-state index is 0.676. The third kappa shape index (κ3) is 2.46. The van der Waals surface area contributed by atoms with Gasteiger partial charge in [-0.25, -0.2) is 9.97 Å². The molecule has 0 radical (unpaired) electrons. The smallest absolute Gasteiger partial charge is 0.153 e. The van der Waals surface area contributed by atoms with Gasteiger partial charge in [-0.3, -0.25) is 0 Å². The number of hydrogen-bond donors (Lipinski definition) is 1. The quantitative estimate of drug-likeness (QED) is 0.894. The summed E-state index contributed by atoms with van der Waals surface area (Å²) in [6.45, 7) is 3.09. The molecule has 1 aliphatic carbocycles. The Morgan fingerprint density at radius 3 is 2.76 bits per heavy atom. The first-order valence-corrected chi connectivity index (χ1v) is 6.71. The Bertz CT molecular complexity index is 399. The summed E-state index contributed by atoms with van der Waals surface area (Å²) >= 11 is 6.36. The van der Waals surface area contributed by atoms with Crippen molar-refractivity contribution in [1.29, 1.82) is 0 Å². The van der Waals surface area contributed by atoms with Crippen molar-refractivity contribution < 1.29 is 0 Å². The Balaban J connectivity index is 1.75. The Labute approximate surface area is 106 Å². The minimum Gasteiger partial charge on any atom is -0.368 e. The van der Waals surface area contributed by atoms with E-state index in [-0.39, 0.29) is 0 Å². The first kappa shape index (κ1) is 11.1. The predicted octanol–water partition coefficient (Wildman–Crippen LogP) is 2.55. The molecule has 1 saturated heterocycles. The van der Waals surface area contributed by atoms with Gasteiger partial charge < -0.3 is 10.2 Å². The van der Waals surface area contributed by atoms with Crippen molar-refractivity contribution in [2.45, 2.75) is 25.7 Å². The van der Waals surface area contributed by atoms with Crippen LogP contribution < -0.4 is 10.2 Å². The summed E-state index contributed by atoms with van der Waals surface area (Å²) in [5.41, 5.74) is 0. The summed E-state index contributed by atoms with van der Waals surface area (Å²) < 4.78 is 0. The number of rotatable bonds is 4. The van der Waals surface area contributed by atoms with Gasteiger partial charge in [0.2, 0.25) is 0 Å². The van der Waals surface area contributed by atoms with Crippen molar-refractivity contribution in [1.82, 2.24) is 9.97 Å². The molecule has 4 nitrogen and oxygen atoms in total. The standard InChI is InChI=1S/C12H17ClN4/c13-10-11(14-7-9-3-4-9)15-8-16-12(10)17-5-1-2-6-17/h8-9H,1-7H2,(H,14,15,16). The van der Waals surface area contributed by atoms with E-state index in [2.05, 4.69) is 20.2 Å². The molecular formula is C12H17ClN4. The van der Waals surface area contributed by atoms with E-state index in [1.54, 1.807) is 6.33 Å². The molecule has 1 saturated carbocycles. The number of aromatic nitrogens is 2. The molecule has 92 valence electrons. The minimum atomic E-state index is 0.676. The van der Waals surface area contributed by atoms with Crippen LogP contribution in [0.5, 0.6) is 0 Å². The number of nitrogens with one attached hydrogen (secondary N) is 1. The zero-order valence-electron chi connectivity index (χ0n) is 9.82. The summed E-state index contributed by atoms with van der Waals surface area (Å²) in [7, 11) is 0. The summed E-state index contributed by atoms with van der Waals surface area (Å²) in [5.74, 6) is 2.49. The summed E-state index contributed by atoms with van der Waals surface area (Å²) in [5, 5.41) is 4.00. The van der Waals surface area contributed by atoms with E-state index in [1.165, 1.54) is 25.7 Å². The fourth-order valence-corrected chi connectivity index (χ4v) is 2.48. The first-order chi connectivity index (χ1) is 8.34. The molecule has 3 rings (SSSR count). The van der Waals surface area contributed by atoms with Crippen molar-refractivity contribution in [3.63, 3.8) is 0 Å². The fourth-order valence-electron chi connectivity index (χ4n) is 2.20. The van der Waals surface area contributed by atoms with Gasteiger partial charge >= 0.3 is 0 Å². The van der Waals surface area contributed by atoms with Crippen molar-refractivity contribution in [2.75, 3.05) is 29.9 Å². The average molecular weight is 253 g/mol. The molecule has 0 spiro atoms. The van der Waals surface area contributed by atoms with Gasteiger partial charge in [0.25, 0.3) is 0 Å². The van der Waals surface area contributed by atoms with Crippen LogP contribution in [-0.4, -0.2) is 29.6 Å². The van der Waals surface area contributed by atoms with E-state index in [1.807, 2.05) is 0 Å². The molecule has 2 aliphatic rings. The fraction of sp³-hybridized carbons (Fsp3) is 0.667. The number of anilines is 2. The number of halogens is 1. The largest absolute Gasteiger partial charge is 0.368 e. The predicted molar refractivity (Wildman–Crippen MR) is 69.7 cm³/mol. The van der Waals surface area contributed by atoms with Gasteiger partial charge in [0.05, 0.1) is 0 Å². The van der Waals surface area contributed by atoms with E-state index < -0.39 is 0 Å². The molecule has 1 aromatic heterocycles. The van der Waals surface area contributed by atoms with E-state index in [0.717, 1.165) is 37.2 Å². The van der Waals surface area contributed by atoms with E-state index in [4.69, 9.17) is 11.6 Å². The lowest BCUT2D eigenvalue weighted by atomic mass is 10.4. The van der Waals surface area contributed by atoms with Crippen molar-refractivity contribution in [2.24, 2.45) is 5.92 Å². The lowest BCUT2D eigenvalue weighted by Crippen LogP contribution is -2.20. The van der Waals surface area contributed by atoms with Crippen molar-refractivity contribution >= 4 is 23.2 Å². The second-order valence-corrected chi connectivity index (χ2v) is 5.26. The maximum absolute atomic E-state index is 6.36. The number of hydrogen-bond acceptors (Lipinski definition) is 4. The molecule has 0 amide bonds. The lowest BCUT2D eigenvalue weighted by molar-refractivity contribution is 0.876. The van der Waals surface area contributed by atoms with Crippen molar-refractivity contribution in [3.8, 4) is 0 Å². The first-order valence-electron chi connectivity index (χ1n) is 6.34. The zero-order valence-corrected chi connectivity index (χ0v) is 10.6. The molecule has 17 heavy (non-hydrogen) atoms. The molecule has 2 fully saturated rings. The molecule has 2 heterocycles. The van der Waals surface area contributed by atoms with Gasteiger partial charge in [-0.05, 0) is 31.6 Å². The van der Waals surface area contributed by atoms with Crippen LogP contribution in [0.3, 0.4) is 0 Å². The third-order valence-electron chi connectivity index (χ3n) is 3.43. The third-order valence-corrected chi connectivity index (χ3v) is 3.78. The Hall–Kier alpha value is -1.03. The highest BCUT2D eigenvalue weighted by Gasteiger charge is 2.23. The van der Waals surface area contributed by atoms with Crippen LogP contribution in [-0.2, 0) is 0 Å². The Morgan fingerprint density at radius 2 is 2.06 bits per heavy atom. The molecule has 5 heteroatoms. The normalized spacial score (nSPS) is 19.7. The van der Waals surface area contributed by atoms with Crippen LogP contribution in [0.4, 0.5) is 11.6 Å². The zero-order chi connectivity index (χ0) is 11.7. The Morgan fingerprint density at radius 1 is 1.29 bits per heavy atom. The van der Waals surface area contributed by atoms with E-state index in [9.17, 15) is 0 Å². The number of nitrogens with zero attached hydrogens (tertiary/aromatic N) is 3. The molecule has 1 aromatic rings. The molecular weight excluding hydrogens is 236 g/mol. The highest BCUT2D eigenvalue weighted by Crippen LogP contribution is 2.33. The molecule has 0 unspecified atom stereocenters. The van der Waals surface area contributed by atoms with Crippen LogP contribution in [0.25, 0.3) is 0 Å². The second kappa shape index (κ2) is 4.69. The molecule has 1 N–H and O–H groups in total. The molecule has 0 aromatic carbocycles. The maximum Gasteiger partial charge on any atom is 0.153 e. The molecule has 0 atom stereocenters. The van der Waals surface area contributed by atoms with Crippen LogP contribution in [0.1, 0.15) is 25.7 Å². The van der Waals surface area contributed by atoms with Gasteiger partial charge in [-0.2, -0.15) is 0 Å². The van der Waals surface area contributed by atoms with Crippen molar-refractivity contribution in [3.05, 3.63) is 11.3 Å². The monoisotopic (exact) mass is 252 g/mol. The van der Waals surface area contributed by atoms with Gasteiger partial charge in [-0.15, -0.1) is 0 Å².